The Morgan fingerprint density at radius 1 is 0.362 bits per heavy atom. The lowest BCUT2D eigenvalue weighted by atomic mass is 10.0. The maximum Gasteiger partial charge on any atom is 0.220 e. The molecule has 1 amide bonds. The molecule has 4 heteroatoms. The summed E-state index contributed by atoms with van der Waals surface area (Å²) in [7, 11) is 0. The van der Waals surface area contributed by atoms with Gasteiger partial charge in [0.2, 0.25) is 5.91 Å². The summed E-state index contributed by atoms with van der Waals surface area (Å²) >= 11 is 0. The number of rotatable bonds is 49. The molecule has 2 atom stereocenters. The highest BCUT2D eigenvalue weighted by atomic mass is 16.3. The van der Waals surface area contributed by atoms with Gasteiger partial charge in [-0.3, -0.25) is 4.79 Å². The van der Waals surface area contributed by atoms with Crippen LogP contribution in [0.3, 0.4) is 0 Å². The molecule has 0 aromatic carbocycles. The van der Waals surface area contributed by atoms with Crippen molar-refractivity contribution in [3.8, 4) is 0 Å². The van der Waals surface area contributed by atoms with Crippen molar-refractivity contribution in [2.75, 3.05) is 6.61 Å². The van der Waals surface area contributed by atoms with E-state index in [-0.39, 0.29) is 12.5 Å². The standard InChI is InChI=1S/C65H105NO3/c1-3-5-7-9-11-13-15-17-19-21-23-24-25-26-27-28-29-30-31-32-33-34-35-36-37-38-39-40-41-42-43-45-47-49-51-53-55-57-59-61-65(69)66-63(62-67)64(68)60-58-56-54-52-50-48-46-44-22-20-18-16-14-12-10-8-6-4-2/h5,7,11,13,17,19,23-24,26-27,29-30,32-33,35-36,38-39,41-42,45,47,51,53,58,60,63-64,67-68H,3-4,6,8-10,12,14-16,18,20-22,25,28,31,34,37,40,43-44,46,48-50,52,54-57,59,61-62H2,1-2H3,(H,66,69)/b7-5-,13-11-,19-17-,24-23-,27-26-,30-29-,33-32-,36-35-,39-38-,42-41-,47-45-,53-51-,60-58+. The Labute approximate surface area is 426 Å². The van der Waals surface area contributed by atoms with Crippen LogP contribution in [0.4, 0.5) is 0 Å². The van der Waals surface area contributed by atoms with Crippen LogP contribution in [0.1, 0.15) is 226 Å². The first kappa shape index (κ1) is 65.0. The van der Waals surface area contributed by atoms with E-state index in [2.05, 4.69) is 165 Å². The van der Waals surface area contributed by atoms with Gasteiger partial charge in [-0.1, -0.05) is 268 Å². The predicted octanol–water partition coefficient (Wildman–Crippen LogP) is 19.0. The summed E-state index contributed by atoms with van der Waals surface area (Å²) in [6.45, 7) is 4.17. The SMILES string of the molecule is CC/C=C\C/C=C\C/C=C\C/C=C\C/C=C\C/C=C\C/C=C\C/C=C\C/C=C\C/C=C\C/C=C\C/C=C\CCCCC(=O)NC(CO)C(O)/C=C/CCCCCCCCCCCCCCCCCC. The molecule has 0 radical (unpaired) electrons. The van der Waals surface area contributed by atoms with E-state index in [0.717, 1.165) is 109 Å². The largest absolute Gasteiger partial charge is 0.394 e. The molecule has 0 bridgehead atoms. The van der Waals surface area contributed by atoms with Gasteiger partial charge in [-0.05, 0) is 109 Å². The van der Waals surface area contributed by atoms with Crippen molar-refractivity contribution >= 4 is 5.91 Å². The summed E-state index contributed by atoms with van der Waals surface area (Å²) in [4.78, 5) is 12.4. The summed E-state index contributed by atoms with van der Waals surface area (Å²) < 4.78 is 0. The lowest BCUT2D eigenvalue weighted by Crippen LogP contribution is -2.45. The van der Waals surface area contributed by atoms with E-state index >= 15 is 0 Å². The normalized spacial score (nSPS) is 14.1. The fraction of sp³-hybridized carbons (Fsp3) is 0.585. The Morgan fingerprint density at radius 3 is 0.957 bits per heavy atom. The van der Waals surface area contributed by atoms with Crippen LogP contribution in [0.15, 0.2) is 158 Å². The number of aliphatic hydroxyl groups is 2. The average molecular weight is 949 g/mol. The van der Waals surface area contributed by atoms with E-state index in [0.29, 0.717) is 6.42 Å². The number of hydrogen-bond donors (Lipinski definition) is 3. The van der Waals surface area contributed by atoms with Crippen LogP contribution in [0, 0.1) is 0 Å². The third kappa shape index (κ3) is 54.8. The zero-order valence-electron chi connectivity index (χ0n) is 44.5. The second kappa shape index (κ2) is 58.3. The second-order valence-corrected chi connectivity index (χ2v) is 18.3. The maximum atomic E-state index is 12.4. The number of carbonyl (C=O) groups excluding carboxylic acids is 1. The van der Waals surface area contributed by atoms with Crippen LogP contribution in [-0.4, -0.2) is 34.9 Å². The van der Waals surface area contributed by atoms with Gasteiger partial charge in [0.25, 0.3) is 0 Å². The number of nitrogens with one attached hydrogen (secondary N) is 1. The van der Waals surface area contributed by atoms with Crippen molar-refractivity contribution in [2.45, 2.75) is 238 Å². The molecule has 0 heterocycles. The minimum atomic E-state index is -0.869. The molecule has 0 aliphatic carbocycles. The first-order valence-electron chi connectivity index (χ1n) is 28.2. The minimum Gasteiger partial charge on any atom is -0.394 e. The van der Waals surface area contributed by atoms with E-state index in [9.17, 15) is 15.0 Å². The van der Waals surface area contributed by atoms with Crippen molar-refractivity contribution in [1.29, 1.82) is 0 Å². The van der Waals surface area contributed by atoms with Crippen LogP contribution < -0.4 is 5.32 Å². The fourth-order valence-corrected chi connectivity index (χ4v) is 7.51. The number of carbonyl (C=O) groups is 1. The Kier molecular flexibility index (Phi) is 55.0. The average Bonchev–Trinajstić information content (AvgIpc) is 3.35. The Hall–Kier alpha value is -3.99. The van der Waals surface area contributed by atoms with E-state index in [1.807, 2.05) is 6.08 Å². The quantitative estimate of drug-likeness (QED) is 0.0420. The molecule has 4 nitrogen and oxygen atoms in total. The smallest absolute Gasteiger partial charge is 0.220 e. The molecule has 0 aromatic heterocycles. The number of aliphatic hydroxyl groups excluding tert-OH is 2. The first-order valence-corrected chi connectivity index (χ1v) is 28.2. The van der Waals surface area contributed by atoms with Crippen LogP contribution >= 0.6 is 0 Å². The third-order valence-corrected chi connectivity index (χ3v) is 11.8. The zero-order chi connectivity index (χ0) is 49.9. The van der Waals surface area contributed by atoms with E-state index < -0.39 is 12.1 Å². The Balaban J connectivity index is 3.74. The van der Waals surface area contributed by atoms with Crippen LogP contribution in [0.2, 0.25) is 0 Å². The summed E-state index contributed by atoms with van der Waals surface area (Å²) in [5.74, 6) is -0.112. The van der Waals surface area contributed by atoms with Gasteiger partial charge in [0.15, 0.2) is 0 Å². The minimum absolute atomic E-state index is 0.112. The highest BCUT2D eigenvalue weighted by Gasteiger charge is 2.17. The van der Waals surface area contributed by atoms with E-state index in [1.165, 1.54) is 96.3 Å². The maximum absolute atomic E-state index is 12.4. The number of hydrogen-bond acceptors (Lipinski definition) is 3. The molecule has 0 rings (SSSR count). The second-order valence-electron chi connectivity index (χ2n) is 18.3. The van der Waals surface area contributed by atoms with Gasteiger partial charge in [-0.2, -0.15) is 0 Å². The topological polar surface area (TPSA) is 69.6 Å². The highest BCUT2D eigenvalue weighted by Crippen LogP contribution is 2.14. The Bertz CT molecular complexity index is 1490. The lowest BCUT2D eigenvalue weighted by Gasteiger charge is -2.19. The summed E-state index contributed by atoms with van der Waals surface area (Å²) in [6, 6.07) is -0.658. The van der Waals surface area contributed by atoms with Crippen molar-refractivity contribution in [2.24, 2.45) is 0 Å². The Morgan fingerprint density at radius 2 is 0.638 bits per heavy atom. The number of unbranched alkanes of at least 4 members (excludes halogenated alkanes) is 18. The molecule has 0 aliphatic rings. The monoisotopic (exact) mass is 948 g/mol. The van der Waals surface area contributed by atoms with Gasteiger partial charge < -0.3 is 15.5 Å². The highest BCUT2D eigenvalue weighted by molar-refractivity contribution is 5.76. The predicted molar refractivity (Wildman–Crippen MR) is 308 cm³/mol. The molecule has 2 unspecified atom stereocenters. The van der Waals surface area contributed by atoms with Crippen LogP contribution in [0.5, 0.6) is 0 Å². The summed E-state index contributed by atoms with van der Waals surface area (Å²) in [6.07, 6.45) is 93.9. The molecule has 0 aromatic rings. The number of allylic oxidation sites excluding steroid dienone is 25. The molecule has 0 saturated heterocycles. The van der Waals surface area contributed by atoms with Gasteiger partial charge >= 0.3 is 0 Å². The van der Waals surface area contributed by atoms with Crippen LogP contribution in [0.25, 0.3) is 0 Å². The molecule has 69 heavy (non-hydrogen) atoms. The zero-order valence-corrected chi connectivity index (χ0v) is 44.5. The van der Waals surface area contributed by atoms with E-state index in [4.69, 9.17) is 0 Å². The molecule has 0 aliphatic heterocycles. The summed E-state index contributed by atoms with van der Waals surface area (Å²) in [5.41, 5.74) is 0. The first-order chi connectivity index (χ1) is 34.2. The lowest BCUT2D eigenvalue weighted by molar-refractivity contribution is -0.123. The van der Waals surface area contributed by atoms with Gasteiger partial charge in [-0.15, -0.1) is 0 Å². The molecule has 3 N–H and O–H groups in total. The van der Waals surface area contributed by atoms with Crippen molar-refractivity contribution in [3.63, 3.8) is 0 Å². The van der Waals surface area contributed by atoms with Crippen molar-refractivity contribution in [1.82, 2.24) is 5.32 Å². The molecular weight excluding hydrogens is 843 g/mol. The van der Waals surface area contributed by atoms with Crippen molar-refractivity contribution in [3.05, 3.63) is 158 Å². The summed E-state index contributed by atoms with van der Waals surface area (Å²) in [5, 5.41) is 23.1. The molecule has 0 fully saturated rings. The molecular formula is C65H105NO3. The van der Waals surface area contributed by atoms with Crippen LogP contribution in [-0.2, 0) is 4.79 Å². The van der Waals surface area contributed by atoms with E-state index in [1.54, 1.807) is 6.08 Å². The van der Waals surface area contributed by atoms with Gasteiger partial charge in [0.05, 0.1) is 18.8 Å². The van der Waals surface area contributed by atoms with Gasteiger partial charge in [0, 0.05) is 6.42 Å². The molecule has 0 saturated carbocycles. The van der Waals surface area contributed by atoms with Gasteiger partial charge in [-0.25, -0.2) is 0 Å². The number of amides is 1. The molecule has 388 valence electrons. The molecule has 0 spiro atoms. The van der Waals surface area contributed by atoms with Gasteiger partial charge in [0.1, 0.15) is 0 Å². The van der Waals surface area contributed by atoms with Crippen molar-refractivity contribution < 1.29 is 15.0 Å². The fourth-order valence-electron chi connectivity index (χ4n) is 7.51. The third-order valence-electron chi connectivity index (χ3n) is 11.8.